The molecule has 1 aliphatic heterocycles. The third-order valence-electron chi connectivity index (χ3n) is 4.83. The number of hydrogen-bond donors (Lipinski definition) is 0. The average molecular weight is 338 g/mol. The summed E-state index contributed by atoms with van der Waals surface area (Å²) in [5.74, 6) is 0.880. The first kappa shape index (κ1) is 17.5. The molecule has 2 aromatic carbocycles. The average Bonchev–Trinajstić information content (AvgIpc) is 2.69. The summed E-state index contributed by atoms with van der Waals surface area (Å²) in [5, 5.41) is 0. The molecule has 0 atom stereocenters. The van der Waals surface area contributed by atoms with E-state index in [9.17, 15) is 4.79 Å². The van der Waals surface area contributed by atoms with E-state index in [-0.39, 0.29) is 5.91 Å². The maximum atomic E-state index is 12.6. The summed E-state index contributed by atoms with van der Waals surface area (Å²) in [7, 11) is 1.63. The van der Waals surface area contributed by atoms with E-state index >= 15 is 0 Å². The summed E-state index contributed by atoms with van der Waals surface area (Å²) >= 11 is 0. The molecule has 4 nitrogen and oxygen atoms in total. The van der Waals surface area contributed by atoms with Crippen molar-refractivity contribution in [1.82, 2.24) is 9.80 Å². The number of ether oxygens (including phenoxy) is 1. The Kier molecular flexibility index (Phi) is 5.71. The minimum absolute atomic E-state index is 0.106. The van der Waals surface area contributed by atoms with Gasteiger partial charge in [0, 0.05) is 38.3 Å². The first-order valence-corrected chi connectivity index (χ1v) is 8.93. The molecule has 0 aliphatic carbocycles. The van der Waals surface area contributed by atoms with Crippen molar-refractivity contribution >= 4 is 5.91 Å². The lowest BCUT2D eigenvalue weighted by Crippen LogP contribution is -2.48. The monoisotopic (exact) mass is 338 g/mol. The lowest BCUT2D eigenvalue weighted by molar-refractivity contribution is 0.0628. The molecule has 132 valence electrons. The lowest BCUT2D eigenvalue weighted by atomic mass is 10.1. The molecule has 1 amide bonds. The molecule has 3 rings (SSSR count). The summed E-state index contributed by atoms with van der Waals surface area (Å²) < 4.78 is 5.15. The normalized spacial score (nSPS) is 15.2. The second-order valence-corrected chi connectivity index (χ2v) is 6.47. The predicted molar refractivity (Wildman–Crippen MR) is 100.0 cm³/mol. The van der Waals surface area contributed by atoms with Gasteiger partial charge in [0.1, 0.15) is 5.75 Å². The predicted octanol–water partition coefficient (Wildman–Crippen LogP) is 3.22. The van der Waals surface area contributed by atoms with Crippen LogP contribution in [0.1, 0.15) is 28.4 Å². The van der Waals surface area contributed by atoms with Crippen LogP contribution in [0.4, 0.5) is 0 Å². The van der Waals surface area contributed by atoms with Crippen LogP contribution in [0.3, 0.4) is 0 Å². The molecule has 4 heteroatoms. The van der Waals surface area contributed by atoms with Crippen molar-refractivity contribution in [2.45, 2.75) is 19.9 Å². The van der Waals surface area contributed by atoms with Crippen molar-refractivity contribution in [3.8, 4) is 5.75 Å². The van der Waals surface area contributed by atoms with Crippen LogP contribution >= 0.6 is 0 Å². The molecule has 0 radical (unpaired) electrons. The number of carbonyl (C=O) groups is 1. The van der Waals surface area contributed by atoms with E-state index in [0.717, 1.165) is 50.5 Å². The molecule has 0 saturated carbocycles. The third kappa shape index (κ3) is 4.40. The first-order valence-electron chi connectivity index (χ1n) is 8.93. The van der Waals surface area contributed by atoms with Crippen LogP contribution in [0.15, 0.2) is 48.5 Å². The van der Waals surface area contributed by atoms with E-state index in [4.69, 9.17) is 4.74 Å². The number of rotatable bonds is 5. The molecule has 0 N–H and O–H groups in total. The maximum Gasteiger partial charge on any atom is 0.253 e. The van der Waals surface area contributed by atoms with Crippen LogP contribution in [0, 0.1) is 0 Å². The molecule has 0 bridgehead atoms. The number of benzene rings is 2. The van der Waals surface area contributed by atoms with E-state index < -0.39 is 0 Å². The Balaban J connectivity index is 1.52. The number of aryl methyl sites for hydroxylation is 1. The topological polar surface area (TPSA) is 32.8 Å². The fourth-order valence-corrected chi connectivity index (χ4v) is 3.16. The van der Waals surface area contributed by atoms with E-state index in [1.54, 1.807) is 7.11 Å². The van der Waals surface area contributed by atoms with E-state index in [1.807, 2.05) is 29.2 Å². The zero-order chi connectivity index (χ0) is 17.6. The molecule has 1 heterocycles. The Bertz CT molecular complexity index is 687. The maximum absolute atomic E-state index is 12.6. The number of amides is 1. The largest absolute Gasteiger partial charge is 0.497 e. The van der Waals surface area contributed by atoms with Crippen molar-refractivity contribution in [3.05, 3.63) is 65.2 Å². The van der Waals surface area contributed by atoms with E-state index in [0.29, 0.717) is 0 Å². The summed E-state index contributed by atoms with van der Waals surface area (Å²) in [4.78, 5) is 17.0. The molecule has 25 heavy (non-hydrogen) atoms. The fourth-order valence-electron chi connectivity index (χ4n) is 3.16. The highest BCUT2D eigenvalue weighted by Gasteiger charge is 2.22. The SMILES string of the molecule is CCc1ccc(CN2CCN(C(=O)c3ccc(OC)cc3)CC2)cc1. The summed E-state index contributed by atoms with van der Waals surface area (Å²) in [5.41, 5.74) is 3.44. The van der Waals surface area contributed by atoms with E-state index in [2.05, 4.69) is 36.1 Å². The molecule has 1 fully saturated rings. The molecule has 0 spiro atoms. The van der Waals surface area contributed by atoms with Gasteiger partial charge in [0.25, 0.3) is 5.91 Å². The molecule has 1 saturated heterocycles. The van der Waals surface area contributed by atoms with Crippen molar-refractivity contribution in [1.29, 1.82) is 0 Å². The van der Waals surface area contributed by atoms with Gasteiger partial charge in [-0.2, -0.15) is 0 Å². The highest BCUT2D eigenvalue weighted by Crippen LogP contribution is 2.15. The Morgan fingerprint density at radius 2 is 1.52 bits per heavy atom. The van der Waals surface area contributed by atoms with Crippen LogP contribution in [0.2, 0.25) is 0 Å². The van der Waals surface area contributed by atoms with E-state index in [1.165, 1.54) is 11.1 Å². The van der Waals surface area contributed by atoms with Gasteiger partial charge in [-0.3, -0.25) is 9.69 Å². The van der Waals surface area contributed by atoms with Crippen LogP contribution < -0.4 is 4.74 Å². The van der Waals surface area contributed by atoms with Crippen LogP contribution in [0.5, 0.6) is 5.75 Å². The van der Waals surface area contributed by atoms with Gasteiger partial charge in [-0.05, 0) is 41.8 Å². The molecular formula is C21H26N2O2. The fraction of sp³-hybridized carbons (Fsp3) is 0.381. The standard InChI is InChI=1S/C21H26N2O2/c1-3-17-4-6-18(7-5-17)16-22-12-14-23(15-13-22)21(24)19-8-10-20(25-2)11-9-19/h4-11H,3,12-16H2,1-2H3. The highest BCUT2D eigenvalue weighted by atomic mass is 16.5. The number of carbonyl (C=O) groups excluding carboxylic acids is 1. The summed E-state index contributed by atoms with van der Waals surface area (Å²) in [6.07, 6.45) is 1.08. The second kappa shape index (κ2) is 8.17. The van der Waals surface area contributed by atoms with Gasteiger partial charge in [-0.25, -0.2) is 0 Å². The summed E-state index contributed by atoms with van der Waals surface area (Å²) in [6, 6.07) is 16.2. The number of hydrogen-bond acceptors (Lipinski definition) is 3. The smallest absolute Gasteiger partial charge is 0.253 e. The summed E-state index contributed by atoms with van der Waals surface area (Å²) in [6.45, 7) is 6.51. The van der Waals surface area contributed by atoms with Gasteiger partial charge in [-0.15, -0.1) is 0 Å². The van der Waals surface area contributed by atoms with Crippen molar-refractivity contribution in [2.24, 2.45) is 0 Å². The Labute approximate surface area is 150 Å². The number of methoxy groups -OCH3 is 1. The van der Waals surface area contributed by atoms with Crippen molar-refractivity contribution in [2.75, 3.05) is 33.3 Å². The number of piperazine rings is 1. The third-order valence-corrected chi connectivity index (χ3v) is 4.83. The van der Waals surface area contributed by atoms with Gasteiger partial charge in [0.15, 0.2) is 0 Å². The van der Waals surface area contributed by atoms with Crippen LogP contribution in [-0.4, -0.2) is 49.0 Å². The van der Waals surface area contributed by atoms with Gasteiger partial charge < -0.3 is 9.64 Å². The van der Waals surface area contributed by atoms with Crippen molar-refractivity contribution in [3.63, 3.8) is 0 Å². The van der Waals surface area contributed by atoms with Crippen LogP contribution in [0.25, 0.3) is 0 Å². The molecule has 0 aromatic heterocycles. The van der Waals surface area contributed by atoms with Gasteiger partial charge in [-0.1, -0.05) is 31.2 Å². The Morgan fingerprint density at radius 1 is 0.920 bits per heavy atom. The minimum Gasteiger partial charge on any atom is -0.497 e. The molecule has 2 aromatic rings. The minimum atomic E-state index is 0.106. The van der Waals surface area contributed by atoms with Gasteiger partial charge in [0.2, 0.25) is 0 Å². The van der Waals surface area contributed by atoms with Crippen molar-refractivity contribution < 1.29 is 9.53 Å². The lowest BCUT2D eigenvalue weighted by Gasteiger charge is -2.34. The van der Waals surface area contributed by atoms with Gasteiger partial charge in [0.05, 0.1) is 7.11 Å². The first-order chi connectivity index (χ1) is 12.2. The van der Waals surface area contributed by atoms with Gasteiger partial charge >= 0.3 is 0 Å². The zero-order valence-corrected chi connectivity index (χ0v) is 15.1. The Morgan fingerprint density at radius 3 is 2.08 bits per heavy atom. The highest BCUT2D eigenvalue weighted by molar-refractivity contribution is 5.94. The Hall–Kier alpha value is -2.33. The quantitative estimate of drug-likeness (QED) is 0.839. The second-order valence-electron chi connectivity index (χ2n) is 6.47. The number of nitrogens with zero attached hydrogens (tertiary/aromatic N) is 2. The molecular weight excluding hydrogens is 312 g/mol. The van der Waals surface area contributed by atoms with Crippen LogP contribution in [-0.2, 0) is 13.0 Å². The molecule has 1 aliphatic rings. The zero-order valence-electron chi connectivity index (χ0n) is 15.1. The molecule has 0 unspecified atom stereocenters.